The maximum Gasteiger partial charge on any atom is 0.319 e. The Hall–Kier alpha value is 0.320. The zero-order chi connectivity index (χ0) is 45.1. The summed E-state index contributed by atoms with van der Waals surface area (Å²) >= 11 is 1.83. The van der Waals surface area contributed by atoms with Crippen LogP contribution in [0.15, 0.2) is 0 Å². The fourth-order valence-electron chi connectivity index (χ4n) is 7.86. The first-order valence-corrected chi connectivity index (χ1v) is 32.0. The molecule has 61 heavy (non-hydrogen) atoms. The van der Waals surface area contributed by atoms with Gasteiger partial charge < -0.3 is 19.5 Å². The van der Waals surface area contributed by atoms with E-state index in [0.29, 0.717) is 6.61 Å². The van der Waals surface area contributed by atoms with Gasteiger partial charge in [0.25, 0.3) is 0 Å². The van der Waals surface area contributed by atoms with Gasteiger partial charge in [0, 0.05) is 37.9 Å². The van der Waals surface area contributed by atoms with E-state index in [0.717, 1.165) is 95.5 Å². The minimum atomic E-state index is -1.67. The van der Waals surface area contributed by atoms with Gasteiger partial charge in [-0.3, -0.25) is 8.98 Å². The van der Waals surface area contributed by atoms with Crippen LogP contribution in [0.1, 0.15) is 233 Å². The molecular formula is C51H107NO6S3. The Bertz CT molecular complexity index is 929. The van der Waals surface area contributed by atoms with Gasteiger partial charge in [-0.05, 0) is 102 Å². The zero-order valence-corrected chi connectivity index (χ0v) is 44.5. The molecule has 0 aliphatic heterocycles. The molecule has 0 aromatic heterocycles. The number of unbranched alkanes of at least 4 members (excludes halogenated alkanes) is 23. The first-order chi connectivity index (χ1) is 29.5. The third kappa shape index (κ3) is 41.5. The van der Waals surface area contributed by atoms with Crippen molar-refractivity contribution in [2.75, 3.05) is 76.0 Å². The lowest BCUT2D eigenvalue weighted by Crippen LogP contribution is -2.27. The molecule has 0 aliphatic rings. The van der Waals surface area contributed by atoms with Crippen LogP contribution in [0.25, 0.3) is 0 Å². The monoisotopic (exact) mass is 926 g/mol. The lowest BCUT2D eigenvalue weighted by molar-refractivity contribution is -0.143. The molecule has 0 amide bonds. The molecule has 0 rings (SSSR count). The van der Waals surface area contributed by atoms with Crippen LogP contribution in [0.4, 0.5) is 0 Å². The second-order valence-electron chi connectivity index (χ2n) is 18.6. The van der Waals surface area contributed by atoms with Gasteiger partial charge in [-0.2, -0.15) is 10.6 Å². The molecule has 2 atom stereocenters. The fourth-order valence-corrected chi connectivity index (χ4v) is 14.6. The molecule has 0 aromatic rings. The van der Waals surface area contributed by atoms with Crippen LogP contribution in [0.5, 0.6) is 0 Å². The van der Waals surface area contributed by atoms with Crippen molar-refractivity contribution in [3.8, 4) is 0 Å². The van der Waals surface area contributed by atoms with Gasteiger partial charge >= 0.3 is 5.97 Å². The summed E-state index contributed by atoms with van der Waals surface area (Å²) in [6.07, 6.45) is 47.0. The lowest BCUT2D eigenvalue weighted by atomic mass is 10.1. The maximum atomic E-state index is 13.0. The Kier molecular flexibility index (Phi) is 44.4. The van der Waals surface area contributed by atoms with E-state index in [1.807, 2.05) is 11.8 Å². The predicted octanol–water partition coefficient (Wildman–Crippen LogP) is 15.7. The van der Waals surface area contributed by atoms with E-state index >= 15 is 0 Å². The number of thioether (sulfide) groups is 1. The van der Waals surface area contributed by atoms with E-state index in [9.17, 15) is 9.90 Å². The molecule has 0 saturated carbocycles. The van der Waals surface area contributed by atoms with Crippen molar-refractivity contribution >= 4 is 38.6 Å². The van der Waals surface area contributed by atoms with Crippen molar-refractivity contribution in [2.45, 2.75) is 245 Å². The highest BCUT2D eigenvalue weighted by Crippen LogP contribution is 2.59. The Morgan fingerprint density at radius 2 is 1.00 bits per heavy atom. The summed E-state index contributed by atoms with van der Waals surface area (Å²) in [6.45, 7) is 13.9. The smallest absolute Gasteiger partial charge is 0.319 e. The van der Waals surface area contributed by atoms with Crippen LogP contribution in [-0.4, -0.2) is 103 Å². The molecule has 0 radical (unpaired) electrons. The van der Waals surface area contributed by atoms with E-state index in [1.54, 1.807) is 0 Å². The van der Waals surface area contributed by atoms with Crippen molar-refractivity contribution < 1.29 is 27.2 Å². The van der Waals surface area contributed by atoms with E-state index in [1.165, 1.54) is 148 Å². The molecule has 1 N–H and O–H groups in total. The minimum Gasteiger partial charge on any atom is -0.465 e. The van der Waals surface area contributed by atoms with E-state index in [4.69, 9.17) is 17.3 Å². The molecule has 7 nitrogen and oxygen atoms in total. The van der Waals surface area contributed by atoms with E-state index in [2.05, 4.69) is 57.6 Å². The number of ether oxygens (including phenoxy) is 2. The van der Waals surface area contributed by atoms with Crippen molar-refractivity contribution in [3.63, 3.8) is 0 Å². The summed E-state index contributed by atoms with van der Waals surface area (Å²) in [7, 11) is -2.83. The SMILES string of the molecule is CCCCCCCCC(SCCCCC)C(=O)OCCCCCCN(CCCCO)CCCCCCOC(CCCCCCC)OS(C)(C)OS(C)(C)CCCCCCCC. The summed E-state index contributed by atoms with van der Waals surface area (Å²) in [5.74, 6) is 2.24. The average Bonchev–Trinajstić information content (AvgIpc) is 3.22. The van der Waals surface area contributed by atoms with Gasteiger partial charge in [-0.15, -0.1) is 22.1 Å². The number of carbonyl (C=O) groups excluding carboxylic acids is 1. The minimum absolute atomic E-state index is 0.00952. The third-order valence-electron chi connectivity index (χ3n) is 11.5. The van der Waals surface area contributed by atoms with Crippen molar-refractivity contribution in [1.29, 1.82) is 0 Å². The molecule has 0 aliphatic carbocycles. The number of aliphatic hydroxyl groups excluding tert-OH is 1. The molecule has 2 unspecified atom stereocenters. The molecule has 0 saturated heterocycles. The first kappa shape index (κ1) is 61.3. The zero-order valence-electron chi connectivity index (χ0n) is 42.1. The van der Waals surface area contributed by atoms with Crippen molar-refractivity contribution in [2.24, 2.45) is 0 Å². The van der Waals surface area contributed by atoms with Gasteiger partial charge in [-0.25, -0.2) is 3.63 Å². The Labute approximate surface area is 389 Å². The number of hydrogen-bond acceptors (Lipinski definition) is 8. The largest absolute Gasteiger partial charge is 0.465 e. The predicted molar refractivity (Wildman–Crippen MR) is 277 cm³/mol. The van der Waals surface area contributed by atoms with Crippen LogP contribution in [-0.2, 0) is 22.1 Å². The van der Waals surface area contributed by atoms with E-state index < -0.39 is 20.9 Å². The molecule has 0 spiro atoms. The number of hydrogen-bond donors (Lipinski definition) is 1. The van der Waals surface area contributed by atoms with Crippen molar-refractivity contribution in [3.05, 3.63) is 0 Å². The molecule has 0 fully saturated rings. The summed E-state index contributed by atoms with van der Waals surface area (Å²) in [4.78, 5) is 15.6. The summed E-state index contributed by atoms with van der Waals surface area (Å²) < 4.78 is 25.8. The summed E-state index contributed by atoms with van der Waals surface area (Å²) in [5, 5.41) is 9.41. The normalized spacial score (nSPS) is 13.9. The molecule has 0 bridgehead atoms. The van der Waals surface area contributed by atoms with Gasteiger partial charge in [0.1, 0.15) is 5.25 Å². The first-order valence-electron chi connectivity index (χ1n) is 26.1. The van der Waals surface area contributed by atoms with Gasteiger partial charge in [0.2, 0.25) is 0 Å². The second kappa shape index (κ2) is 44.2. The summed E-state index contributed by atoms with van der Waals surface area (Å²) in [6, 6.07) is 0. The van der Waals surface area contributed by atoms with Crippen LogP contribution < -0.4 is 0 Å². The average molecular weight is 927 g/mol. The third-order valence-corrected chi connectivity index (χ3v) is 17.6. The van der Waals surface area contributed by atoms with Crippen molar-refractivity contribution in [1.82, 2.24) is 4.90 Å². The van der Waals surface area contributed by atoms with Crippen LogP contribution in [0, 0.1) is 0 Å². The standard InChI is InChI=1S/C51H107NO6S3/c1-9-13-17-20-23-29-39-49(59-47-37-16-12-4)51(54)56-46-36-27-25-32-42-52(43-33-34-44-53)41-31-24-26-35-45-55-50(40-30-22-19-15-11-3)57-61(7,8)58-60(5,6)48-38-28-21-18-14-10-2/h49-50,53H,9-48H2,1-8H3. The van der Waals surface area contributed by atoms with Crippen LogP contribution in [0.3, 0.4) is 0 Å². The highest BCUT2D eigenvalue weighted by molar-refractivity contribution is 8.39. The number of nitrogens with zero attached hydrogens (tertiary/aromatic N) is 1. The highest BCUT2D eigenvalue weighted by Gasteiger charge is 2.25. The van der Waals surface area contributed by atoms with Gasteiger partial charge in [0.15, 0.2) is 6.29 Å². The molecule has 370 valence electrons. The quantitative estimate of drug-likeness (QED) is 0.0367. The fraction of sp³-hybridized carbons (Fsp3) is 0.980. The number of esters is 1. The Morgan fingerprint density at radius 1 is 0.541 bits per heavy atom. The van der Waals surface area contributed by atoms with Gasteiger partial charge in [-0.1, -0.05) is 163 Å². The maximum absolute atomic E-state index is 13.0. The number of carbonyl (C=O) groups is 1. The summed E-state index contributed by atoms with van der Waals surface area (Å²) in [5.41, 5.74) is 0. The highest BCUT2D eigenvalue weighted by atomic mass is 32.3. The molecule has 0 aromatic carbocycles. The molecule has 10 heteroatoms. The number of aliphatic hydroxyl groups is 1. The van der Waals surface area contributed by atoms with Gasteiger partial charge in [0.05, 0.1) is 6.61 Å². The number of rotatable bonds is 49. The molecular weight excluding hydrogens is 819 g/mol. The van der Waals surface area contributed by atoms with E-state index in [-0.39, 0.29) is 24.1 Å². The van der Waals surface area contributed by atoms with Crippen LogP contribution >= 0.6 is 32.7 Å². The Morgan fingerprint density at radius 3 is 1.57 bits per heavy atom. The topological polar surface area (TPSA) is 77.5 Å². The second-order valence-corrected chi connectivity index (χ2v) is 26.2. The Balaban J connectivity index is 4.65. The van der Waals surface area contributed by atoms with Crippen LogP contribution in [0.2, 0.25) is 0 Å². The lowest BCUT2D eigenvalue weighted by Gasteiger charge is -2.46. The molecule has 0 heterocycles.